The minimum atomic E-state index is -5.08. The molecule has 0 aliphatic carbocycles. The Morgan fingerprint density at radius 2 is 1.63 bits per heavy atom. The predicted octanol–water partition coefficient (Wildman–Crippen LogP) is 2.66. The quantitative estimate of drug-likeness (QED) is 0.282. The maximum atomic E-state index is 12.4. The van der Waals surface area contributed by atoms with Crippen LogP contribution in [0.3, 0.4) is 0 Å². The van der Waals surface area contributed by atoms with Crippen LogP contribution in [0.25, 0.3) is 0 Å². The number of rotatable bonds is 11. The van der Waals surface area contributed by atoms with Crippen LogP contribution >= 0.6 is 21.6 Å². The molecule has 1 aromatic carbocycles. The van der Waals surface area contributed by atoms with Crippen LogP contribution in [-0.4, -0.2) is 79.0 Å². The van der Waals surface area contributed by atoms with Crippen LogP contribution in [0.15, 0.2) is 18.2 Å². The fourth-order valence-corrected chi connectivity index (χ4v) is 4.57. The molecular weight excluding hydrogens is 517 g/mol. The van der Waals surface area contributed by atoms with Crippen molar-refractivity contribution in [2.45, 2.75) is 19.0 Å². The number of anilines is 1. The maximum Gasteiger partial charge on any atom is 0.490 e. The Hall–Kier alpha value is -2.81. The standard InChI is InChI=1S/C18H24N2O6S2.C2HF3O2/c1-25-14-8-13(9-15(10-14)26-2)20-11-12(7-16(20)21)18(24)19-4-6-28-27-5-3-17(22)23;3-2(4,5)1(6)7/h8-10,12H,3-7,11H2,1-2H3,(H,19,24)(H,22,23);(H,6,7). The van der Waals surface area contributed by atoms with E-state index in [-0.39, 0.29) is 24.7 Å². The van der Waals surface area contributed by atoms with E-state index in [0.717, 1.165) is 0 Å². The number of methoxy groups -OCH3 is 2. The van der Waals surface area contributed by atoms with Gasteiger partial charge in [-0.3, -0.25) is 14.4 Å². The predicted molar refractivity (Wildman–Crippen MR) is 124 cm³/mol. The second kappa shape index (κ2) is 14.6. The van der Waals surface area contributed by atoms with E-state index in [0.29, 0.717) is 41.8 Å². The number of hydrogen-bond donors (Lipinski definition) is 3. The molecule has 0 aromatic heterocycles. The van der Waals surface area contributed by atoms with Gasteiger partial charge in [0, 0.05) is 49.2 Å². The van der Waals surface area contributed by atoms with Crippen LogP contribution < -0.4 is 19.7 Å². The highest BCUT2D eigenvalue weighted by Gasteiger charge is 2.38. The van der Waals surface area contributed by atoms with Gasteiger partial charge >= 0.3 is 18.1 Å². The first-order valence-corrected chi connectivity index (χ1v) is 12.4. The highest BCUT2D eigenvalue weighted by molar-refractivity contribution is 8.76. The summed E-state index contributed by atoms with van der Waals surface area (Å²) in [6.45, 7) is 0.780. The summed E-state index contributed by atoms with van der Waals surface area (Å²) in [7, 11) is 6.07. The third-order valence-corrected chi connectivity index (χ3v) is 6.76. The summed E-state index contributed by atoms with van der Waals surface area (Å²) in [5.41, 5.74) is 0.641. The molecule has 1 fully saturated rings. The van der Waals surface area contributed by atoms with Gasteiger partial charge in [0.05, 0.1) is 32.2 Å². The van der Waals surface area contributed by atoms with E-state index in [1.54, 1.807) is 37.3 Å². The average Bonchev–Trinajstić information content (AvgIpc) is 3.19. The van der Waals surface area contributed by atoms with E-state index < -0.39 is 24.0 Å². The Morgan fingerprint density at radius 3 is 2.11 bits per heavy atom. The van der Waals surface area contributed by atoms with Crippen molar-refractivity contribution in [3.63, 3.8) is 0 Å². The number of carbonyl (C=O) groups excluding carboxylic acids is 2. The third kappa shape index (κ3) is 11.0. The van der Waals surface area contributed by atoms with Crippen LogP contribution in [0.4, 0.5) is 18.9 Å². The van der Waals surface area contributed by atoms with Gasteiger partial charge in [-0.15, -0.1) is 0 Å². The normalized spacial score (nSPS) is 15.2. The van der Waals surface area contributed by atoms with Crippen molar-refractivity contribution in [2.24, 2.45) is 5.92 Å². The molecule has 35 heavy (non-hydrogen) atoms. The van der Waals surface area contributed by atoms with Crippen molar-refractivity contribution in [2.75, 3.05) is 43.7 Å². The molecule has 1 aromatic rings. The maximum absolute atomic E-state index is 12.4. The highest BCUT2D eigenvalue weighted by Crippen LogP contribution is 2.32. The Morgan fingerprint density at radius 1 is 1.09 bits per heavy atom. The lowest BCUT2D eigenvalue weighted by Crippen LogP contribution is -2.34. The molecule has 15 heteroatoms. The molecule has 1 atom stereocenters. The number of nitrogens with zero attached hydrogens (tertiary/aromatic N) is 1. The largest absolute Gasteiger partial charge is 0.497 e. The summed E-state index contributed by atoms with van der Waals surface area (Å²) >= 11 is 0. The molecule has 0 radical (unpaired) electrons. The zero-order valence-corrected chi connectivity index (χ0v) is 20.4. The Balaban J connectivity index is 0.000000762. The summed E-state index contributed by atoms with van der Waals surface area (Å²) < 4.78 is 42.2. The van der Waals surface area contributed by atoms with Gasteiger partial charge in [-0.05, 0) is 0 Å². The summed E-state index contributed by atoms with van der Waals surface area (Å²) in [6.07, 6.45) is -4.80. The zero-order chi connectivity index (χ0) is 26.6. The van der Waals surface area contributed by atoms with Crippen molar-refractivity contribution < 1.29 is 52.0 Å². The van der Waals surface area contributed by atoms with Gasteiger partial charge in [-0.2, -0.15) is 13.2 Å². The van der Waals surface area contributed by atoms with Crippen molar-refractivity contribution in [3.8, 4) is 11.5 Å². The summed E-state index contributed by atoms with van der Waals surface area (Å²) in [6, 6.07) is 5.21. The van der Waals surface area contributed by atoms with Crippen molar-refractivity contribution in [3.05, 3.63) is 18.2 Å². The van der Waals surface area contributed by atoms with Crippen LogP contribution in [0.5, 0.6) is 11.5 Å². The molecule has 1 aliphatic heterocycles. The number of carbonyl (C=O) groups is 4. The van der Waals surface area contributed by atoms with Gasteiger partial charge in [-0.1, -0.05) is 21.6 Å². The molecule has 1 unspecified atom stereocenters. The molecule has 0 bridgehead atoms. The van der Waals surface area contributed by atoms with E-state index >= 15 is 0 Å². The molecule has 1 aliphatic rings. The summed E-state index contributed by atoms with van der Waals surface area (Å²) in [4.78, 5) is 45.7. The number of carboxylic acid groups (broad SMARTS) is 2. The Labute approximate surface area is 206 Å². The number of alkyl halides is 3. The first kappa shape index (κ1) is 30.2. The number of aliphatic carboxylic acids is 2. The number of amides is 2. The molecule has 0 spiro atoms. The number of nitrogens with one attached hydrogen (secondary N) is 1. The van der Waals surface area contributed by atoms with Crippen LogP contribution in [-0.2, 0) is 19.2 Å². The minimum Gasteiger partial charge on any atom is -0.497 e. The third-order valence-electron chi connectivity index (χ3n) is 4.35. The first-order chi connectivity index (χ1) is 16.4. The Bertz CT molecular complexity index is 879. The monoisotopic (exact) mass is 542 g/mol. The lowest BCUT2D eigenvalue weighted by molar-refractivity contribution is -0.192. The fourth-order valence-electron chi connectivity index (χ4n) is 2.69. The van der Waals surface area contributed by atoms with E-state index in [1.807, 2.05) is 0 Å². The van der Waals surface area contributed by atoms with Crippen LogP contribution in [0.1, 0.15) is 12.8 Å². The second-order valence-corrected chi connectivity index (χ2v) is 9.56. The van der Waals surface area contributed by atoms with Crippen molar-refractivity contribution >= 4 is 51.0 Å². The van der Waals surface area contributed by atoms with Gasteiger partial charge in [0.15, 0.2) is 0 Å². The molecule has 2 rings (SSSR count). The number of carboxylic acids is 2. The van der Waals surface area contributed by atoms with Gasteiger partial charge in [0.1, 0.15) is 11.5 Å². The number of ether oxygens (including phenoxy) is 2. The fraction of sp³-hybridized carbons (Fsp3) is 0.500. The van der Waals surface area contributed by atoms with Crippen LogP contribution in [0.2, 0.25) is 0 Å². The number of halogens is 3. The Kier molecular flexibility index (Phi) is 12.6. The summed E-state index contributed by atoms with van der Waals surface area (Å²) in [5, 5.41) is 18.5. The highest BCUT2D eigenvalue weighted by atomic mass is 33.1. The molecule has 196 valence electrons. The van der Waals surface area contributed by atoms with Crippen molar-refractivity contribution in [1.82, 2.24) is 5.32 Å². The minimum absolute atomic E-state index is 0.117. The lowest BCUT2D eigenvalue weighted by Gasteiger charge is -2.18. The number of hydrogen-bond acceptors (Lipinski definition) is 8. The average molecular weight is 543 g/mol. The molecule has 1 saturated heterocycles. The molecule has 10 nitrogen and oxygen atoms in total. The summed E-state index contributed by atoms with van der Waals surface area (Å²) in [5.74, 6) is -1.89. The van der Waals surface area contributed by atoms with E-state index in [9.17, 15) is 27.6 Å². The molecule has 2 amide bonds. The van der Waals surface area contributed by atoms with Gasteiger partial charge in [-0.25, -0.2) is 4.79 Å². The number of benzene rings is 1. The topological polar surface area (TPSA) is 142 Å². The van der Waals surface area contributed by atoms with Gasteiger partial charge in [0.25, 0.3) is 0 Å². The van der Waals surface area contributed by atoms with Crippen molar-refractivity contribution in [1.29, 1.82) is 0 Å². The molecule has 3 N–H and O–H groups in total. The second-order valence-electron chi connectivity index (χ2n) is 6.86. The van der Waals surface area contributed by atoms with Crippen LogP contribution in [0, 0.1) is 5.92 Å². The molecular formula is C20H25F3N2O8S2. The van der Waals surface area contributed by atoms with Gasteiger partial charge < -0.3 is 29.9 Å². The van der Waals surface area contributed by atoms with E-state index in [4.69, 9.17) is 24.5 Å². The smallest absolute Gasteiger partial charge is 0.490 e. The molecule has 0 saturated carbocycles. The first-order valence-electron chi connectivity index (χ1n) is 9.96. The van der Waals surface area contributed by atoms with E-state index in [1.165, 1.54) is 21.6 Å². The molecule has 1 heterocycles. The SMILES string of the molecule is COc1cc(OC)cc(N2CC(C(=O)NCCSSCCC(=O)O)CC2=O)c1.O=C(O)C(F)(F)F. The lowest BCUT2D eigenvalue weighted by atomic mass is 10.1. The van der Waals surface area contributed by atoms with Gasteiger partial charge in [0.2, 0.25) is 11.8 Å². The van der Waals surface area contributed by atoms with E-state index in [2.05, 4.69) is 5.32 Å². The zero-order valence-electron chi connectivity index (χ0n) is 18.8.